The van der Waals surface area contributed by atoms with Crippen LogP contribution < -0.4 is 0 Å². The zero-order chi connectivity index (χ0) is 21.9. The van der Waals surface area contributed by atoms with Crippen molar-refractivity contribution in [2.24, 2.45) is 0 Å². The summed E-state index contributed by atoms with van der Waals surface area (Å²) in [6, 6.07) is 18.4. The number of nitrogens with zero attached hydrogens (tertiary/aromatic N) is 4. The Bertz CT molecular complexity index is 1010. The molecule has 3 heterocycles. The molecule has 5 heteroatoms. The second-order valence-corrected chi connectivity index (χ2v) is 9.26. The summed E-state index contributed by atoms with van der Waals surface area (Å²) in [6.07, 6.45) is 7.79. The molecule has 0 unspecified atom stereocenters. The first-order valence-corrected chi connectivity index (χ1v) is 11.7. The van der Waals surface area contributed by atoms with Gasteiger partial charge in [-0.25, -0.2) is 9.97 Å². The van der Waals surface area contributed by atoms with Gasteiger partial charge in [0.1, 0.15) is 6.33 Å². The maximum Gasteiger partial charge on any atom is 0.115 e. The van der Waals surface area contributed by atoms with Crippen molar-refractivity contribution in [3.05, 3.63) is 83.9 Å². The minimum atomic E-state index is 0.213. The summed E-state index contributed by atoms with van der Waals surface area (Å²) in [5.74, 6) is 0.361. The predicted molar refractivity (Wildman–Crippen MR) is 127 cm³/mol. The largest absolute Gasteiger partial charge is 0.395 e. The Labute approximate surface area is 190 Å². The third kappa shape index (κ3) is 4.33. The molecule has 3 atom stereocenters. The molecule has 166 valence electrons. The van der Waals surface area contributed by atoms with Gasteiger partial charge in [-0.1, -0.05) is 54.1 Å². The Balaban J connectivity index is 1.35. The number of benzene rings is 2. The highest BCUT2D eigenvalue weighted by Gasteiger charge is 2.48. The molecule has 3 aromatic rings. The summed E-state index contributed by atoms with van der Waals surface area (Å²) in [5, 5.41) is 10.2. The van der Waals surface area contributed by atoms with Crippen LogP contribution in [0.5, 0.6) is 0 Å². The van der Waals surface area contributed by atoms with Crippen LogP contribution in [-0.2, 0) is 6.54 Å². The summed E-state index contributed by atoms with van der Waals surface area (Å²) >= 11 is 0. The van der Waals surface area contributed by atoms with Crippen molar-refractivity contribution in [2.75, 3.05) is 26.2 Å². The smallest absolute Gasteiger partial charge is 0.115 e. The van der Waals surface area contributed by atoms with Crippen LogP contribution in [0, 0.1) is 6.92 Å². The van der Waals surface area contributed by atoms with Gasteiger partial charge in [0.05, 0.1) is 6.61 Å². The normalized spacial score (nSPS) is 24.2. The van der Waals surface area contributed by atoms with Crippen LogP contribution in [0.15, 0.2) is 67.3 Å². The number of aromatic nitrogens is 2. The molecule has 1 aromatic heterocycles. The summed E-state index contributed by atoms with van der Waals surface area (Å²) in [7, 11) is 0. The molecule has 2 aliphatic heterocycles. The van der Waals surface area contributed by atoms with Gasteiger partial charge in [-0.2, -0.15) is 0 Å². The molecule has 5 nitrogen and oxygen atoms in total. The van der Waals surface area contributed by atoms with Gasteiger partial charge in [-0.3, -0.25) is 9.80 Å². The quantitative estimate of drug-likeness (QED) is 0.668. The molecular formula is C27H32N4O. The van der Waals surface area contributed by atoms with Crippen molar-refractivity contribution in [2.45, 2.75) is 44.3 Å². The Morgan fingerprint density at radius 1 is 0.906 bits per heavy atom. The first-order valence-electron chi connectivity index (χ1n) is 11.7. The van der Waals surface area contributed by atoms with Gasteiger partial charge >= 0.3 is 0 Å². The minimum absolute atomic E-state index is 0.213. The van der Waals surface area contributed by atoms with Crippen LogP contribution in [0.25, 0.3) is 11.1 Å². The van der Waals surface area contributed by atoms with E-state index in [0.29, 0.717) is 12.0 Å². The van der Waals surface area contributed by atoms with E-state index in [9.17, 15) is 5.11 Å². The third-order valence-corrected chi connectivity index (χ3v) is 7.15. The van der Waals surface area contributed by atoms with Gasteiger partial charge in [0.15, 0.2) is 0 Å². The molecule has 2 fully saturated rings. The monoisotopic (exact) mass is 428 g/mol. The molecule has 0 amide bonds. The molecule has 0 bridgehead atoms. The van der Waals surface area contributed by atoms with Crippen molar-refractivity contribution in [1.29, 1.82) is 0 Å². The molecule has 2 aromatic carbocycles. The average molecular weight is 429 g/mol. The molecule has 0 saturated carbocycles. The molecule has 0 radical (unpaired) electrons. The van der Waals surface area contributed by atoms with Gasteiger partial charge in [-0.15, -0.1) is 0 Å². The van der Waals surface area contributed by atoms with Crippen molar-refractivity contribution in [3.63, 3.8) is 0 Å². The fourth-order valence-electron chi connectivity index (χ4n) is 5.47. The van der Waals surface area contributed by atoms with E-state index in [4.69, 9.17) is 0 Å². The lowest BCUT2D eigenvalue weighted by Gasteiger charge is -2.57. The lowest BCUT2D eigenvalue weighted by molar-refractivity contribution is -0.0655. The fraction of sp³-hybridized carbons (Fsp3) is 0.407. The summed E-state index contributed by atoms with van der Waals surface area (Å²) in [4.78, 5) is 13.4. The van der Waals surface area contributed by atoms with E-state index < -0.39 is 0 Å². The minimum Gasteiger partial charge on any atom is -0.395 e. The van der Waals surface area contributed by atoms with E-state index in [-0.39, 0.29) is 12.6 Å². The van der Waals surface area contributed by atoms with Crippen LogP contribution in [0.3, 0.4) is 0 Å². The zero-order valence-electron chi connectivity index (χ0n) is 18.8. The molecular weight excluding hydrogens is 396 g/mol. The first-order chi connectivity index (χ1) is 15.7. The number of rotatable bonds is 5. The van der Waals surface area contributed by atoms with Crippen molar-refractivity contribution in [1.82, 2.24) is 19.8 Å². The number of fused-ring (bicyclic) bond motifs is 1. The fourth-order valence-corrected chi connectivity index (χ4v) is 5.47. The molecule has 2 aliphatic rings. The van der Waals surface area contributed by atoms with Crippen molar-refractivity contribution >= 4 is 0 Å². The number of aliphatic hydroxyl groups excluding tert-OH is 1. The summed E-state index contributed by atoms with van der Waals surface area (Å²) < 4.78 is 0. The van der Waals surface area contributed by atoms with Gasteiger partial charge in [0.25, 0.3) is 0 Å². The Hall–Kier alpha value is -2.60. The summed E-state index contributed by atoms with van der Waals surface area (Å²) in [5.41, 5.74) is 6.27. The van der Waals surface area contributed by atoms with Gasteiger partial charge in [0, 0.05) is 49.0 Å². The number of aryl methyl sites for hydroxylation is 1. The molecule has 0 aliphatic carbocycles. The third-order valence-electron chi connectivity index (χ3n) is 7.15. The lowest BCUT2D eigenvalue weighted by atomic mass is 9.74. The van der Waals surface area contributed by atoms with E-state index in [1.54, 1.807) is 6.33 Å². The highest BCUT2D eigenvalue weighted by molar-refractivity contribution is 5.64. The molecule has 1 N–H and O–H groups in total. The average Bonchev–Trinajstić information content (AvgIpc) is 2.81. The number of aliphatic hydroxyl groups is 1. The first kappa shape index (κ1) is 21.3. The van der Waals surface area contributed by atoms with Crippen LogP contribution in [-0.4, -0.2) is 63.2 Å². The summed E-state index contributed by atoms with van der Waals surface area (Å²) in [6.45, 7) is 6.41. The molecule has 32 heavy (non-hydrogen) atoms. The van der Waals surface area contributed by atoms with Crippen molar-refractivity contribution in [3.8, 4) is 11.1 Å². The highest BCUT2D eigenvalue weighted by Crippen LogP contribution is 2.42. The number of hydrogen-bond donors (Lipinski definition) is 1. The standard InChI is InChI=1S/C27H32N4O/c1-20-4-6-22(7-5-20)23-8-10-24(11-9-23)27-25-17-30(16-21-14-28-19-29-15-21)12-2-3-13-31(25)26(27)18-32/h4-11,14-15,19,25-27,32H,2-3,12-13,16-18H2,1H3/t25-,26-,27-/m0/s1. The van der Waals surface area contributed by atoms with E-state index in [0.717, 1.165) is 31.7 Å². The van der Waals surface area contributed by atoms with Crippen LogP contribution in [0.1, 0.15) is 35.4 Å². The molecule has 2 saturated heterocycles. The van der Waals surface area contributed by atoms with Crippen LogP contribution >= 0.6 is 0 Å². The second kappa shape index (κ2) is 9.49. The maximum absolute atomic E-state index is 10.2. The van der Waals surface area contributed by atoms with E-state index in [2.05, 4.69) is 75.2 Å². The van der Waals surface area contributed by atoms with E-state index >= 15 is 0 Å². The van der Waals surface area contributed by atoms with Gasteiger partial charge < -0.3 is 5.11 Å². The highest BCUT2D eigenvalue weighted by atomic mass is 16.3. The topological polar surface area (TPSA) is 52.5 Å². The van der Waals surface area contributed by atoms with Gasteiger partial charge in [-0.05, 0) is 49.5 Å². The Morgan fingerprint density at radius 2 is 1.56 bits per heavy atom. The van der Waals surface area contributed by atoms with Gasteiger partial charge in [0.2, 0.25) is 0 Å². The maximum atomic E-state index is 10.2. The lowest BCUT2D eigenvalue weighted by Crippen LogP contribution is -2.67. The Kier molecular flexibility index (Phi) is 6.30. The second-order valence-electron chi connectivity index (χ2n) is 9.26. The van der Waals surface area contributed by atoms with Crippen LogP contribution in [0.4, 0.5) is 0 Å². The zero-order valence-corrected chi connectivity index (χ0v) is 18.8. The Morgan fingerprint density at radius 3 is 2.25 bits per heavy atom. The molecule has 0 spiro atoms. The SMILES string of the molecule is Cc1ccc(-c2ccc([C@@H]3[C@H](CO)N4CCCCN(Cc5cncnc5)C[C@@H]34)cc2)cc1. The van der Waals surface area contributed by atoms with E-state index in [1.807, 2.05) is 12.4 Å². The van der Waals surface area contributed by atoms with E-state index in [1.165, 1.54) is 35.1 Å². The predicted octanol–water partition coefficient (Wildman–Crippen LogP) is 3.88. The van der Waals surface area contributed by atoms with Crippen molar-refractivity contribution < 1.29 is 5.11 Å². The molecule has 5 rings (SSSR count). The number of hydrogen-bond acceptors (Lipinski definition) is 5. The van der Waals surface area contributed by atoms with Crippen LogP contribution in [0.2, 0.25) is 0 Å².